The maximum absolute atomic E-state index is 12.4. The second-order valence-electron chi connectivity index (χ2n) is 7.99. The third-order valence-electron chi connectivity index (χ3n) is 5.96. The normalized spacial score (nSPS) is 11.1. The van der Waals surface area contributed by atoms with E-state index < -0.39 is 11.6 Å². The van der Waals surface area contributed by atoms with Crippen LogP contribution in [0.1, 0.15) is 27.2 Å². The molecule has 5 heteroatoms. The van der Waals surface area contributed by atoms with Gasteiger partial charge >= 0.3 is 5.97 Å². The first-order chi connectivity index (χ1) is 17.2. The van der Waals surface area contributed by atoms with Crippen molar-refractivity contribution >= 4 is 5.97 Å². The van der Waals surface area contributed by atoms with Crippen molar-refractivity contribution in [3.63, 3.8) is 0 Å². The Bertz CT molecular complexity index is 1320. The molecule has 0 fully saturated rings. The number of esters is 1. The van der Waals surface area contributed by atoms with Crippen LogP contribution in [-0.2, 0) is 10.3 Å². The summed E-state index contributed by atoms with van der Waals surface area (Å²) in [5.74, 6) is 0.116. The Labute approximate surface area is 204 Å². The molecule has 0 amide bonds. The number of carbonyl (C=O) groups is 1. The molecule has 0 atom stereocenters. The van der Waals surface area contributed by atoms with E-state index in [9.17, 15) is 4.79 Å². The van der Waals surface area contributed by atoms with Crippen LogP contribution in [0.25, 0.3) is 5.69 Å². The number of nitrogens with zero attached hydrogens (tertiary/aromatic N) is 2. The van der Waals surface area contributed by atoms with Gasteiger partial charge in [-0.1, -0.05) is 103 Å². The van der Waals surface area contributed by atoms with Crippen LogP contribution in [0.2, 0.25) is 0 Å². The van der Waals surface area contributed by atoms with E-state index in [0.717, 1.165) is 16.7 Å². The molecule has 0 aliphatic heterocycles. The number of benzene rings is 4. The van der Waals surface area contributed by atoms with Crippen LogP contribution < -0.4 is 4.74 Å². The monoisotopic (exact) mass is 460 g/mol. The van der Waals surface area contributed by atoms with Crippen molar-refractivity contribution in [2.45, 2.75) is 5.60 Å². The molecular weight excluding hydrogens is 436 g/mol. The number of rotatable bonds is 7. The molecule has 5 aromatic rings. The number of hydrogen-bond acceptors (Lipinski definition) is 4. The fourth-order valence-corrected chi connectivity index (χ4v) is 4.35. The highest BCUT2D eigenvalue weighted by molar-refractivity contribution is 5.88. The van der Waals surface area contributed by atoms with E-state index in [1.54, 1.807) is 10.9 Å². The Morgan fingerprint density at radius 1 is 0.714 bits per heavy atom. The predicted molar refractivity (Wildman–Crippen MR) is 135 cm³/mol. The molecule has 0 N–H and O–H groups in total. The summed E-state index contributed by atoms with van der Waals surface area (Å²) >= 11 is 0. The molecule has 5 nitrogen and oxygen atoms in total. The van der Waals surface area contributed by atoms with Crippen molar-refractivity contribution < 1.29 is 14.3 Å². The molecule has 0 aliphatic rings. The summed E-state index contributed by atoms with van der Waals surface area (Å²) in [5.41, 5.74) is 2.97. The molecular formula is C30H24N2O3. The van der Waals surface area contributed by atoms with Crippen molar-refractivity contribution in [3.8, 4) is 11.4 Å². The van der Waals surface area contributed by atoms with Crippen molar-refractivity contribution in [1.29, 1.82) is 0 Å². The van der Waals surface area contributed by atoms with Gasteiger partial charge in [0, 0.05) is 16.7 Å². The predicted octanol–water partition coefficient (Wildman–Crippen LogP) is 6.03. The number of methoxy groups -OCH3 is 1. The van der Waals surface area contributed by atoms with Crippen LogP contribution in [0.5, 0.6) is 5.75 Å². The molecule has 0 saturated carbocycles. The number of hydrogen-bond donors (Lipinski definition) is 0. The summed E-state index contributed by atoms with van der Waals surface area (Å²) in [6.07, 6.45) is 3.07. The molecule has 0 spiro atoms. The fourth-order valence-electron chi connectivity index (χ4n) is 4.35. The van der Waals surface area contributed by atoms with Gasteiger partial charge in [-0.05, 0) is 12.1 Å². The SMILES string of the molecule is COC(=O)c1cncn1-c1ccccc1OC(c1ccccc1)(c1ccccc1)c1ccccc1. The Balaban J connectivity index is 1.76. The van der Waals surface area contributed by atoms with Crippen LogP contribution in [0.3, 0.4) is 0 Å². The van der Waals surface area contributed by atoms with E-state index in [1.165, 1.54) is 13.3 Å². The minimum atomic E-state index is -0.952. The maximum Gasteiger partial charge on any atom is 0.356 e. The molecule has 1 aromatic heterocycles. The second-order valence-corrected chi connectivity index (χ2v) is 7.99. The summed E-state index contributed by atoms with van der Waals surface area (Å²) in [6.45, 7) is 0. The van der Waals surface area contributed by atoms with Crippen LogP contribution in [0.15, 0.2) is 128 Å². The van der Waals surface area contributed by atoms with E-state index in [1.807, 2.05) is 78.9 Å². The average molecular weight is 461 g/mol. The quantitative estimate of drug-likeness (QED) is 0.220. The smallest absolute Gasteiger partial charge is 0.356 e. The van der Waals surface area contributed by atoms with Crippen molar-refractivity contribution in [2.24, 2.45) is 0 Å². The van der Waals surface area contributed by atoms with Gasteiger partial charge in [0.2, 0.25) is 0 Å². The van der Waals surface area contributed by atoms with Crippen LogP contribution in [-0.4, -0.2) is 22.6 Å². The van der Waals surface area contributed by atoms with E-state index >= 15 is 0 Å². The molecule has 0 bridgehead atoms. The van der Waals surface area contributed by atoms with Gasteiger partial charge in [-0.2, -0.15) is 0 Å². The zero-order chi connectivity index (χ0) is 24.1. The largest absolute Gasteiger partial charge is 0.471 e. The lowest BCUT2D eigenvalue weighted by Gasteiger charge is -2.37. The van der Waals surface area contributed by atoms with E-state index in [4.69, 9.17) is 9.47 Å². The van der Waals surface area contributed by atoms with Crippen LogP contribution in [0, 0.1) is 0 Å². The molecule has 0 unspecified atom stereocenters. The summed E-state index contributed by atoms with van der Waals surface area (Å²) in [4.78, 5) is 16.6. The number of imidazole rings is 1. The molecule has 4 aromatic carbocycles. The maximum atomic E-state index is 12.4. The van der Waals surface area contributed by atoms with Gasteiger partial charge in [0.25, 0.3) is 0 Å². The lowest BCUT2D eigenvalue weighted by molar-refractivity contribution is 0.0591. The average Bonchev–Trinajstić information content (AvgIpc) is 3.43. The lowest BCUT2D eigenvalue weighted by atomic mass is 9.80. The molecule has 172 valence electrons. The van der Waals surface area contributed by atoms with E-state index in [-0.39, 0.29) is 0 Å². The highest BCUT2D eigenvalue weighted by atomic mass is 16.5. The van der Waals surface area contributed by atoms with Gasteiger partial charge in [-0.25, -0.2) is 9.78 Å². The lowest BCUT2D eigenvalue weighted by Crippen LogP contribution is -2.36. The first-order valence-corrected chi connectivity index (χ1v) is 11.3. The minimum absolute atomic E-state index is 0.313. The molecule has 0 radical (unpaired) electrons. The molecule has 5 rings (SSSR count). The highest BCUT2D eigenvalue weighted by Gasteiger charge is 2.39. The first-order valence-electron chi connectivity index (χ1n) is 11.3. The summed E-state index contributed by atoms with van der Waals surface area (Å²) in [5, 5.41) is 0. The number of carbonyl (C=O) groups excluding carboxylic acids is 1. The van der Waals surface area contributed by atoms with Crippen LogP contribution in [0.4, 0.5) is 0 Å². The number of para-hydroxylation sites is 2. The zero-order valence-electron chi connectivity index (χ0n) is 19.2. The van der Waals surface area contributed by atoms with Crippen molar-refractivity contribution in [1.82, 2.24) is 9.55 Å². The molecule has 0 saturated heterocycles. The standard InChI is InChI=1S/C30H24N2O3/c1-34-29(33)27-21-31-22-32(27)26-19-11-12-20-28(26)35-30(23-13-5-2-6-14-23,24-15-7-3-8-16-24)25-17-9-4-10-18-25/h2-22H,1H3. The molecule has 1 heterocycles. The van der Waals surface area contributed by atoms with Crippen molar-refractivity contribution in [2.75, 3.05) is 7.11 Å². The van der Waals surface area contributed by atoms with Crippen molar-refractivity contribution in [3.05, 3.63) is 150 Å². The number of aromatic nitrogens is 2. The zero-order valence-corrected chi connectivity index (χ0v) is 19.2. The highest BCUT2D eigenvalue weighted by Crippen LogP contribution is 2.42. The molecule has 35 heavy (non-hydrogen) atoms. The third kappa shape index (κ3) is 4.08. The van der Waals surface area contributed by atoms with E-state index in [2.05, 4.69) is 41.4 Å². The van der Waals surface area contributed by atoms with Gasteiger partial charge in [-0.3, -0.25) is 4.57 Å². The Morgan fingerprint density at radius 3 is 1.71 bits per heavy atom. The van der Waals surface area contributed by atoms with Gasteiger partial charge in [0.1, 0.15) is 5.75 Å². The Morgan fingerprint density at radius 2 is 1.20 bits per heavy atom. The summed E-state index contributed by atoms with van der Waals surface area (Å²) < 4.78 is 13.7. The number of ether oxygens (including phenoxy) is 2. The van der Waals surface area contributed by atoms with Gasteiger partial charge in [0.05, 0.1) is 25.3 Å². The first kappa shape index (κ1) is 22.2. The third-order valence-corrected chi connectivity index (χ3v) is 5.96. The Hall–Kier alpha value is -4.64. The van der Waals surface area contributed by atoms with Gasteiger partial charge in [-0.15, -0.1) is 0 Å². The van der Waals surface area contributed by atoms with Gasteiger partial charge < -0.3 is 9.47 Å². The van der Waals surface area contributed by atoms with Crippen LogP contribution >= 0.6 is 0 Å². The summed E-state index contributed by atoms with van der Waals surface area (Å²) in [7, 11) is 1.35. The second kappa shape index (κ2) is 9.69. The minimum Gasteiger partial charge on any atom is -0.471 e. The fraction of sp³-hybridized carbons (Fsp3) is 0.0667. The topological polar surface area (TPSA) is 53.3 Å². The summed E-state index contributed by atoms with van der Waals surface area (Å²) in [6, 6.07) is 38.1. The van der Waals surface area contributed by atoms with E-state index in [0.29, 0.717) is 17.1 Å². The Kier molecular flexibility index (Phi) is 6.14. The van der Waals surface area contributed by atoms with Gasteiger partial charge in [0.15, 0.2) is 11.3 Å². The molecule has 0 aliphatic carbocycles.